The number of amides is 2. The molecule has 3 aromatic rings. The van der Waals surface area contributed by atoms with Crippen molar-refractivity contribution in [2.45, 2.75) is 64.6 Å². The molecule has 208 valence electrons. The van der Waals surface area contributed by atoms with E-state index in [4.69, 9.17) is 0 Å². The fourth-order valence-electron chi connectivity index (χ4n) is 4.15. The molecule has 0 aromatic heterocycles. The highest BCUT2D eigenvalue weighted by atomic mass is 32.2. The lowest BCUT2D eigenvalue weighted by Crippen LogP contribution is -2.52. The van der Waals surface area contributed by atoms with E-state index in [0.29, 0.717) is 23.2 Å². The first-order chi connectivity index (χ1) is 18.4. The Hall–Kier alpha value is -3.72. The summed E-state index contributed by atoms with van der Waals surface area (Å²) in [7, 11) is -4.13. The number of nitrogens with zero attached hydrogens (tertiary/aromatic N) is 2. The van der Waals surface area contributed by atoms with Gasteiger partial charge in [0.2, 0.25) is 11.8 Å². The second-order valence-electron chi connectivity index (χ2n) is 9.76. The van der Waals surface area contributed by atoms with E-state index < -0.39 is 34.3 Å². The number of halogens is 1. The molecular weight excluding hydrogens is 517 g/mol. The van der Waals surface area contributed by atoms with Crippen LogP contribution in [0.3, 0.4) is 0 Å². The van der Waals surface area contributed by atoms with Crippen molar-refractivity contribution in [2.24, 2.45) is 0 Å². The van der Waals surface area contributed by atoms with Crippen LogP contribution in [0.2, 0.25) is 0 Å². The van der Waals surface area contributed by atoms with Crippen molar-refractivity contribution in [2.75, 3.05) is 10.8 Å². The lowest BCUT2D eigenvalue weighted by atomic mass is 10.1. The fourth-order valence-corrected chi connectivity index (χ4v) is 5.65. The lowest BCUT2D eigenvalue weighted by molar-refractivity contribution is -0.139. The average Bonchev–Trinajstić information content (AvgIpc) is 2.91. The van der Waals surface area contributed by atoms with Gasteiger partial charge in [0.1, 0.15) is 18.4 Å². The van der Waals surface area contributed by atoms with Crippen molar-refractivity contribution in [1.82, 2.24) is 10.2 Å². The van der Waals surface area contributed by atoms with Crippen LogP contribution >= 0.6 is 0 Å². The van der Waals surface area contributed by atoms with Gasteiger partial charge < -0.3 is 10.2 Å². The van der Waals surface area contributed by atoms with Crippen LogP contribution in [-0.4, -0.2) is 43.8 Å². The lowest BCUT2D eigenvalue weighted by Gasteiger charge is -2.33. The number of rotatable bonds is 11. The molecule has 0 heterocycles. The third-order valence-electron chi connectivity index (χ3n) is 6.67. The van der Waals surface area contributed by atoms with Gasteiger partial charge in [0, 0.05) is 12.6 Å². The largest absolute Gasteiger partial charge is 0.352 e. The van der Waals surface area contributed by atoms with Crippen molar-refractivity contribution in [1.29, 1.82) is 0 Å². The molecule has 3 rings (SSSR count). The summed E-state index contributed by atoms with van der Waals surface area (Å²) in [5.41, 5.74) is 2.62. The predicted octanol–water partition coefficient (Wildman–Crippen LogP) is 4.97. The van der Waals surface area contributed by atoms with Gasteiger partial charge in [0.25, 0.3) is 10.0 Å². The van der Waals surface area contributed by atoms with Crippen LogP contribution in [0.5, 0.6) is 0 Å². The molecule has 0 aliphatic rings. The van der Waals surface area contributed by atoms with Crippen LogP contribution in [0.4, 0.5) is 10.1 Å². The Balaban J connectivity index is 2.04. The molecule has 2 unspecified atom stereocenters. The zero-order valence-corrected chi connectivity index (χ0v) is 23.8. The molecule has 2 atom stereocenters. The van der Waals surface area contributed by atoms with Gasteiger partial charge in [-0.05, 0) is 75.6 Å². The summed E-state index contributed by atoms with van der Waals surface area (Å²) >= 11 is 0. The molecule has 0 saturated heterocycles. The molecule has 2 amide bonds. The van der Waals surface area contributed by atoms with Crippen LogP contribution in [0, 0.1) is 19.7 Å². The number of carbonyl (C=O) groups is 2. The SMILES string of the molecule is CCC(C)NC(=O)C(C)N(Cc1ccc(F)cc1)C(=O)CN(c1ccc(C)cc1C)S(=O)(=O)c1ccccc1. The summed E-state index contributed by atoms with van der Waals surface area (Å²) in [6, 6.07) is 17.9. The van der Waals surface area contributed by atoms with Crippen LogP contribution < -0.4 is 9.62 Å². The number of benzene rings is 3. The number of hydrogen-bond donors (Lipinski definition) is 1. The number of anilines is 1. The van der Waals surface area contributed by atoms with E-state index >= 15 is 0 Å². The van der Waals surface area contributed by atoms with E-state index in [0.717, 1.165) is 9.87 Å². The predicted molar refractivity (Wildman–Crippen MR) is 151 cm³/mol. The van der Waals surface area contributed by atoms with Crippen molar-refractivity contribution in [3.05, 3.63) is 95.3 Å². The first-order valence-corrected chi connectivity index (χ1v) is 14.4. The summed E-state index contributed by atoms with van der Waals surface area (Å²) in [5.74, 6) is -1.34. The van der Waals surface area contributed by atoms with Crippen molar-refractivity contribution < 1.29 is 22.4 Å². The smallest absolute Gasteiger partial charge is 0.264 e. The summed E-state index contributed by atoms with van der Waals surface area (Å²) < 4.78 is 42.3. The van der Waals surface area contributed by atoms with E-state index in [2.05, 4.69) is 5.32 Å². The molecule has 0 radical (unpaired) electrons. The fraction of sp³-hybridized carbons (Fsp3) is 0.333. The molecule has 0 fully saturated rings. The maximum absolute atomic E-state index is 13.9. The standard InChI is InChI=1S/C30H36FN3O4S/c1-6-23(4)32-30(36)24(5)33(19-25-13-15-26(31)16-14-25)29(35)20-34(28-17-12-21(2)18-22(28)3)39(37,38)27-10-8-7-9-11-27/h7-18,23-24H,6,19-20H2,1-5H3,(H,32,36). The van der Waals surface area contributed by atoms with E-state index in [1.165, 1.54) is 41.3 Å². The molecule has 1 N–H and O–H groups in total. The van der Waals surface area contributed by atoms with E-state index in [1.54, 1.807) is 44.2 Å². The molecular formula is C30H36FN3O4S. The Labute approximate surface area is 230 Å². The van der Waals surface area contributed by atoms with Crippen LogP contribution in [0.15, 0.2) is 77.7 Å². The molecule has 3 aromatic carbocycles. The Kier molecular flexibility index (Phi) is 9.86. The summed E-state index contributed by atoms with van der Waals surface area (Å²) in [6.07, 6.45) is 0.708. The maximum atomic E-state index is 13.9. The van der Waals surface area contributed by atoms with Gasteiger partial charge >= 0.3 is 0 Å². The normalized spacial score (nSPS) is 12.9. The first-order valence-electron chi connectivity index (χ1n) is 12.9. The van der Waals surface area contributed by atoms with Gasteiger partial charge in [-0.2, -0.15) is 0 Å². The van der Waals surface area contributed by atoms with Gasteiger partial charge in [-0.3, -0.25) is 13.9 Å². The Bertz CT molecular complexity index is 1400. The highest BCUT2D eigenvalue weighted by Crippen LogP contribution is 2.28. The van der Waals surface area contributed by atoms with E-state index in [-0.39, 0.29) is 23.4 Å². The van der Waals surface area contributed by atoms with Gasteiger partial charge in [-0.1, -0.05) is 55.0 Å². The van der Waals surface area contributed by atoms with Crippen molar-refractivity contribution in [3.63, 3.8) is 0 Å². The highest BCUT2D eigenvalue weighted by molar-refractivity contribution is 7.92. The van der Waals surface area contributed by atoms with Gasteiger partial charge in [0.05, 0.1) is 10.6 Å². The topological polar surface area (TPSA) is 86.8 Å². The van der Waals surface area contributed by atoms with Crippen LogP contribution in [0.25, 0.3) is 0 Å². The Morgan fingerprint density at radius 2 is 1.59 bits per heavy atom. The van der Waals surface area contributed by atoms with E-state index in [1.807, 2.05) is 26.8 Å². The minimum atomic E-state index is -4.13. The number of hydrogen-bond acceptors (Lipinski definition) is 4. The third-order valence-corrected chi connectivity index (χ3v) is 8.44. The molecule has 9 heteroatoms. The molecule has 0 spiro atoms. The second-order valence-corrected chi connectivity index (χ2v) is 11.6. The quantitative estimate of drug-likeness (QED) is 0.363. The Morgan fingerprint density at radius 3 is 2.18 bits per heavy atom. The molecule has 0 saturated carbocycles. The van der Waals surface area contributed by atoms with Crippen molar-refractivity contribution >= 4 is 27.5 Å². The summed E-state index contributed by atoms with van der Waals surface area (Å²) in [4.78, 5) is 28.4. The monoisotopic (exact) mass is 553 g/mol. The maximum Gasteiger partial charge on any atom is 0.264 e. The number of carbonyl (C=O) groups excluding carboxylic acids is 2. The van der Waals surface area contributed by atoms with Gasteiger partial charge in [-0.25, -0.2) is 12.8 Å². The summed E-state index contributed by atoms with van der Waals surface area (Å²) in [6.45, 7) is 8.58. The number of aryl methyl sites for hydroxylation is 2. The van der Waals surface area contributed by atoms with Crippen LogP contribution in [0.1, 0.15) is 43.9 Å². The zero-order valence-electron chi connectivity index (χ0n) is 23.0. The van der Waals surface area contributed by atoms with Crippen molar-refractivity contribution in [3.8, 4) is 0 Å². The van der Waals surface area contributed by atoms with Gasteiger partial charge in [0.15, 0.2) is 0 Å². The number of sulfonamides is 1. The highest BCUT2D eigenvalue weighted by Gasteiger charge is 2.33. The minimum Gasteiger partial charge on any atom is -0.352 e. The minimum absolute atomic E-state index is 0.000308. The van der Waals surface area contributed by atoms with Gasteiger partial charge in [-0.15, -0.1) is 0 Å². The van der Waals surface area contributed by atoms with Crippen LogP contribution in [-0.2, 0) is 26.2 Å². The first kappa shape index (κ1) is 29.8. The molecule has 0 aliphatic carbocycles. The van der Waals surface area contributed by atoms with E-state index in [9.17, 15) is 22.4 Å². The zero-order chi connectivity index (χ0) is 28.7. The second kappa shape index (κ2) is 12.9. The molecule has 39 heavy (non-hydrogen) atoms. The molecule has 7 nitrogen and oxygen atoms in total. The number of nitrogens with one attached hydrogen (secondary N) is 1. The molecule has 0 bridgehead atoms. The average molecular weight is 554 g/mol. The molecule has 0 aliphatic heterocycles. The third kappa shape index (κ3) is 7.44. The summed E-state index contributed by atoms with van der Waals surface area (Å²) in [5, 5.41) is 2.89. The Morgan fingerprint density at radius 1 is 0.949 bits per heavy atom.